The van der Waals surface area contributed by atoms with E-state index in [2.05, 4.69) is 21.1 Å². The summed E-state index contributed by atoms with van der Waals surface area (Å²) >= 11 is 0. The van der Waals surface area contributed by atoms with E-state index in [4.69, 9.17) is 10.5 Å². The van der Waals surface area contributed by atoms with Crippen LogP contribution in [0.15, 0.2) is 36.7 Å². The van der Waals surface area contributed by atoms with Gasteiger partial charge in [0.05, 0.1) is 5.69 Å². The predicted molar refractivity (Wildman–Crippen MR) is 88.9 cm³/mol. The molecule has 120 valence electrons. The van der Waals surface area contributed by atoms with Crippen LogP contribution < -0.4 is 10.5 Å². The predicted octanol–water partition coefficient (Wildman–Crippen LogP) is 2.78. The summed E-state index contributed by atoms with van der Waals surface area (Å²) in [5.74, 6) is 1.79. The third kappa shape index (κ3) is 2.77. The molecule has 0 saturated carbocycles. The van der Waals surface area contributed by atoms with E-state index < -0.39 is 0 Å². The van der Waals surface area contributed by atoms with E-state index in [9.17, 15) is 5.26 Å². The molecular weight excluding hydrogens is 304 g/mol. The van der Waals surface area contributed by atoms with E-state index in [1.807, 2.05) is 38.1 Å². The summed E-state index contributed by atoms with van der Waals surface area (Å²) in [5.41, 5.74) is 8.03. The number of rotatable bonds is 4. The van der Waals surface area contributed by atoms with Crippen molar-refractivity contribution in [2.45, 2.75) is 20.3 Å². The molecule has 2 aromatic heterocycles. The first kappa shape index (κ1) is 15.5. The Balaban J connectivity index is 1.99. The number of nitriles is 1. The molecular formula is C17H16N6O. The molecule has 3 aromatic rings. The van der Waals surface area contributed by atoms with E-state index in [0.29, 0.717) is 35.1 Å². The van der Waals surface area contributed by atoms with Crippen LogP contribution in [0, 0.1) is 18.3 Å². The van der Waals surface area contributed by atoms with Gasteiger partial charge in [-0.3, -0.25) is 0 Å². The van der Waals surface area contributed by atoms with Crippen molar-refractivity contribution in [1.29, 1.82) is 5.26 Å². The maximum Gasteiger partial charge on any atom is 0.224 e. The van der Waals surface area contributed by atoms with Gasteiger partial charge in [-0.25, -0.2) is 9.97 Å². The van der Waals surface area contributed by atoms with Gasteiger partial charge in [0.15, 0.2) is 5.82 Å². The third-order valence-electron chi connectivity index (χ3n) is 3.59. The van der Waals surface area contributed by atoms with Crippen LogP contribution in [0.4, 0.5) is 5.82 Å². The molecule has 0 unspecified atom stereocenters. The van der Waals surface area contributed by atoms with Crippen LogP contribution in [0.2, 0.25) is 0 Å². The average molecular weight is 320 g/mol. The maximum atomic E-state index is 9.23. The number of ether oxygens (including phenoxy) is 1. The van der Waals surface area contributed by atoms with Crippen LogP contribution in [0.3, 0.4) is 0 Å². The lowest BCUT2D eigenvalue weighted by molar-refractivity contribution is 0.457. The lowest BCUT2D eigenvalue weighted by atomic mass is 10.2. The van der Waals surface area contributed by atoms with E-state index >= 15 is 0 Å². The summed E-state index contributed by atoms with van der Waals surface area (Å²) in [6.07, 6.45) is 1.99. The number of aromatic nitrogens is 4. The van der Waals surface area contributed by atoms with Gasteiger partial charge >= 0.3 is 0 Å². The zero-order chi connectivity index (χ0) is 17.1. The highest BCUT2D eigenvalue weighted by atomic mass is 16.5. The summed E-state index contributed by atoms with van der Waals surface area (Å²) in [7, 11) is 0. The van der Waals surface area contributed by atoms with Crippen molar-refractivity contribution in [3.05, 3.63) is 53.5 Å². The van der Waals surface area contributed by atoms with Gasteiger partial charge in [-0.15, -0.1) is 0 Å². The second kappa shape index (κ2) is 6.38. The highest BCUT2D eigenvalue weighted by Gasteiger charge is 2.16. The molecule has 0 aliphatic heterocycles. The lowest BCUT2D eigenvalue weighted by Crippen LogP contribution is -2.05. The fourth-order valence-electron chi connectivity index (χ4n) is 2.31. The summed E-state index contributed by atoms with van der Waals surface area (Å²) in [5, 5.41) is 13.6. The van der Waals surface area contributed by atoms with Crippen LogP contribution in [-0.4, -0.2) is 19.7 Å². The smallest absolute Gasteiger partial charge is 0.224 e. The first-order chi connectivity index (χ1) is 11.6. The molecule has 0 fully saturated rings. The molecule has 0 aliphatic rings. The van der Waals surface area contributed by atoms with E-state index in [1.165, 1.54) is 11.0 Å². The molecule has 0 radical (unpaired) electrons. The molecule has 7 nitrogen and oxygen atoms in total. The van der Waals surface area contributed by atoms with Crippen molar-refractivity contribution >= 4 is 5.82 Å². The van der Waals surface area contributed by atoms with Crippen LogP contribution in [0.1, 0.15) is 23.7 Å². The Morgan fingerprint density at radius 1 is 1.29 bits per heavy atom. The Hall–Kier alpha value is -3.40. The highest BCUT2D eigenvalue weighted by molar-refractivity contribution is 5.55. The molecule has 1 aromatic carbocycles. The summed E-state index contributed by atoms with van der Waals surface area (Å²) < 4.78 is 7.24. The van der Waals surface area contributed by atoms with Gasteiger partial charge in [0, 0.05) is 6.07 Å². The van der Waals surface area contributed by atoms with Crippen molar-refractivity contribution in [2.24, 2.45) is 0 Å². The Bertz CT molecular complexity index is 925. The number of nitrogen functional groups attached to an aromatic ring is 1. The molecule has 7 heteroatoms. The first-order valence-electron chi connectivity index (χ1n) is 7.47. The second-order valence-electron chi connectivity index (χ2n) is 5.17. The molecule has 2 N–H and O–H groups in total. The molecule has 0 saturated heterocycles. The molecule has 24 heavy (non-hydrogen) atoms. The largest absolute Gasteiger partial charge is 0.439 e. The minimum absolute atomic E-state index is 0.259. The van der Waals surface area contributed by atoms with Gasteiger partial charge in [0.2, 0.25) is 5.88 Å². The lowest BCUT2D eigenvalue weighted by Gasteiger charge is -2.08. The minimum Gasteiger partial charge on any atom is -0.439 e. The van der Waals surface area contributed by atoms with Crippen molar-refractivity contribution in [3.63, 3.8) is 0 Å². The van der Waals surface area contributed by atoms with Gasteiger partial charge < -0.3 is 10.5 Å². The van der Waals surface area contributed by atoms with E-state index in [0.717, 1.165) is 5.56 Å². The summed E-state index contributed by atoms with van der Waals surface area (Å²) in [6.45, 7) is 3.87. The number of hydrogen-bond donors (Lipinski definition) is 1. The van der Waals surface area contributed by atoms with Gasteiger partial charge in [-0.1, -0.05) is 25.1 Å². The van der Waals surface area contributed by atoms with Crippen LogP contribution >= 0.6 is 0 Å². The summed E-state index contributed by atoms with van der Waals surface area (Å²) in [6, 6.07) is 11.4. The number of para-hydroxylation sites is 1. The Morgan fingerprint density at radius 3 is 2.75 bits per heavy atom. The topological polar surface area (TPSA) is 103 Å². The van der Waals surface area contributed by atoms with Gasteiger partial charge in [0.1, 0.15) is 29.5 Å². The normalized spacial score (nSPS) is 10.4. The molecule has 0 amide bonds. The Morgan fingerprint density at radius 2 is 2.08 bits per heavy atom. The van der Waals surface area contributed by atoms with Gasteiger partial charge in [-0.2, -0.15) is 15.0 Å². The monoisotopic (exact) mass is 320 g/mol. The third-order valence-corrected chi connectivity index (χ3v) is 3.59. The van der Waals surface area contributed by atoms with Crippen LogP contribution in [0.5, 0.6) is 11.6 Å². The number of anilines is 1. The standard InChI is InChI=1S/C17H16N6O/c1-3-13-12(9-18)17(19)23(22-13)15-8-16(21-10-20-15)24-14-7-5-4-6-11(14)2/h4-8,10H,3,19H2,1-2H3. The molecule has 0 bridgehead atoms. The summed E-state index contributed by atoms with van der Waals surface area (Å²) in [4.78, 5) is 8.30. The average Bonchev–Trinajstić information content (AvgIpc) is 2.93. The number of nitrogens with two attached hydrogens (primary N) is 1. The quantitative estimate of drug-likeness (QED) is 0.793. The van der Waals surface area contributed by atoms with Gasteiger partial charge in [-0.05, 0) is 25.0 Å². The van der Waals surface area contributed by atoms with Crippen molar-refractivity contribution in [2.75, 3.05) is 5.73 Å². The Kier molecular flexibility index (Phi) is 4.12. The van der Waals surface area contributed by atoms with Crippen LogP contribution in [0.25, 0.3) is 5.82 Å². The number of benzene rings is 1. The van der Waals surface area contributed by atoms with Crippen molar-refractivity contribution < 1.29 is 4.74 Å². The molecule has 2 heterocycles. The molecule has 0 atom stereocenters. The van der Waals surface area contributed by atoms with Gasteiger partial charge in [0.25, 0.3) is 0 Å². The maximum absolute atomic E-state index is 9.23. The number of nitrogens with zero attached hydrogens (tertiary/aromatic N) is 5. The number of aryl methyl sites for hydroxylation is 2. The Labute approximate surface area is 139 Å². The zero-order valence-corrected chi connectivity index (χ0v) is 13.4. The van der Waals surface area contributed by atoms with Crippen LogP contribution in [-0.2, 0) is 6.42 Å². The fourth-order valence-corrected chi connectivity index (χ4v) is 2.31. The van der Waals surface area contributed by atoms with E-state index in [1.54, 1.807) is 6.07 Å². The highest BCUT2D eigenvalue weighted by Crippen LogP contribution is 2.25. The van der Waals surface area contributed by atoms with E-state index in [-0.39, 0.29) is 5.82 Å². The molecule has 0 aliphatic carbocycles. The first-order valence-corrected chi connectivity index (χ1v) is 7.47. The molecule has 0 spiro atoms. The SMILES string of the molecule is CCc1nn(-c2cc(Oc3ccccc3C)ncn2)c(N)c1C#N. The van der Waals surface area contributed by atoms with Crippen molar-refractivity contribution in [3.8, 4) is 23.5 Å². The molecule has 3 rings (SSSR count). The zero-order valence-electron chi connectivity index (χ0n) is 13.4. The van der Waals surface area contributed by atoms with Crippen molar-refractivity contribution in [1.82, 2.24) is 19.7 Å². The minimum atomic E-state index is 0.259. The number of hydrogen-bond acceptors (Lipinski definition) is 6. The fraction of sp³-hybridized carbons (Fsp3) is 0.176. The second-order valence-corrected chi connectivity index (χ2v) is 5.17.